The number of amidine groups is 1. The number of nitrogens with zero attached hydrogens (tertiary/aromatic N) is 1. The number of allylic oxidation sites excluding steroid dienone is 1. The Hall–Kier alpha value is -1.98. The molecule has 2 aliphatic rings. The maximum atomic E-state index is 11.8. The molecule has 114 valence electrons. The van der Waals surface area contributed by atoms with Gasteiger partial charge in [-0.1, -0.05) is 11.6 Å². The fourth-order valence-electron chi connectivity index (χ4n) is 2.39. The van der Waals surface area contributed by atoms with Crippen LogP contribution in [0.15, 0.2) is 16.6 Å². The Morgan fingerprint density at radius 2 is 2.24 bits per heavy atom. The van der Waals surface area contributed by atoms with Crippen LogP contribution in [0.25, 0.3) is 0 Å². The normalized spacial score (nSPS) is 22.2. The highest BCUT2D eigenvalue weighted by atomic mass is 16.2. The maximum Gasteiger partial charge on any atom is 0.259 e. The summed E-state index contributed by atoms with van der Waals surface area (Å²) in [7, 11) is 0. The Morgan fingerprint density at radius 1 is 1.43 bits per heavy atom. The van der Waals surface area contributed by atoms with Crippen molar-refractivity contribution >= 4 is 23.6 Å². The molecule has 1 unspecified atom stereocenters. The number of amides is 3. The SMILES string of the molecule is CC1C(=O)N=C(CCNC(=O)CC2=CCCCC2)NC1=O. The van der Waals surface area contributed by atoms with Gasteiger partial charge in [-0.25, -0.2) is 0 Å². The van der Waals surface area contributed by atoms with Crippen LogP contribution < -0.4 is 10.6 Å². The minimum atomic E-state index is -0.721. The van der Waals surface area contributed by atoms with E-state index in [2.05, 4.69) is 21.7 Å². The number of rotatable bonds is 5. The molecule has 0 fully saturated rings. The van der Waals surface area contributed by atoms with E-state index in [1.54, 1.807) is 0 Å². The molecule has 0 aromatic heterocycles. The van der Waals surface area contributed by atoms with Crippen molar-refractivity contribution in [2.45, 2.75) is 45.4 Å². The summed E-state index contributed by atoms with van der Waals surface area (Å²) >= 11 is 0. The molecule has 3 amide bonds. The molecular weight excluding hydrogens is 270 g/mol. The lowest BCUT2D eigenvalue weighted by atomic mass is 9.97. The van der Waals surface area contributed by atoms with E-state index >= 15 is 0 Å². The average Bonchev–Trinajstić information content (AvgIpc) is 2.45. The lowest BCUT2D eigenvalue weighted by molar-refractivity contribution is -0.132. The summed E-state index contributed by atoms with van der Waals surface area (Å²) in [6.45, 7) is 1.89. The van der Waals surface area contributed by atoms with Crippen LogP contribution >= 0.6 is 0 Å². The van der Waals surface area contributed by atoms with Gasteiger partial charge >= 0.3 is 0 Å². The maximum absolute atomic E-state index is 11.8. The molecule has 6 nitrogen and oxygen atoms in total. The Morgan fingerprint density at radius 3 is 2.90 bits per heavy atom. The fourth-order valence-corrected chi connectivity index (χ4v) is 2.39. The first-order valence-corrected chi connectivity index (χ1v) is 7.43. The highest BCUT2D eigenvalue weighted by Gasteiger charge is 2.27. The van der Waals surface area contributed by atoms with Crippen molar-refractivity contribution in [2.24, 2.45) is 10.9 Å². The van der Waals surface area contributed by atoms with Crippen molar-refractivity contribution < 1.29 is 14.4 Å². The van der Waals surface area contributed by atoms with Gasteiger partial charge in [0, 0.05) is 19.4 Å². The average molecular weight is 291 g/mol. The van der Waals surface area contributed by atoms with Gasteiger partial charge in [0.15, 0.2) is 0 Å². The lowest BCUT2D eigenvalue weighted by Gasteiger charge is -2.17. The van der Waals surface area contributed by atoms with Gasteiger partial charge in [0.25, 0.3) is 5.91 Å². The predicted molar refractivity (Wildman–Crippen MR) is 78.5 cm³/mol. The second kappa shape index (κ2) is 7.15. The standard InChI is InChI=1S/C15H21N3O3/c1-10-14(20)17-12(18-15(10)21)7-8-16-13(19)9-11-5-3-2-4-6-11/h5,10H,2-4,6-9H2,1H3,(H,16,19)(H,17,18,20,21). The van der Waals surface area contributed by atoms with Crippen LogP contribution in [0.4, 0.5) is 0 Å². The third kappa shape index (κ3) is 4.51. The van der Waals surface area contributed by atoms with Gasteiger partial charge in [-0.2, -0.15) is 4.99 Å². The smallest absolute Gasteiger partial charge is 0.259 e. The van der Waals surface area contributed by atoms with Crippen LogP contribution in [-0.2, 0) is 14.4 Å². The van der Waals surface area contributed by atoms with Crippen LogP contribution in [-0.4, -0.2) is 30.1 Å². The summed E-state index contributed by atoms with van der Waals surface area (Å²) in [6.07, 6.45) is 7.37. The topological polar surface area (TPSA) is 87.6 Å². The highest BCUT2D eigenvalue weighted by molar-refractivity contribution is 6.15. The zero-order valence-electron chi connectivity index (χ0n) is 12.3. The second-order valence-electron chi connectivity index (χ2n) is 5.49. The molecule has 2 N–H and O–H groups in total. The van der Waals surface area contributed by atoms with Crippen molar-refractivity contribution in [1.29, 1.82) is 0 Å². The van der Waals surface area contributed by atoms with Crippen molar-refractivity contribution in [1.82, 2.24) is 10.6 Å². The quantitative estimate of drug-likeness (QED) is 0.587. The number of nitrogens with one attached hydrogen (secondary N) is 2. The van der Waals surface area contributed by atoms with Crippen molar-refractivity contribution in [3.05, 3.63) is 11.6 Å². The molecular formula is C15H21N3O3. The number of hydrogen-bond donors (Lipinski definition) is 2. The predicted octanol–water partition coefficient (Wildman–Crippen LogP) is 1.07. The summed E-state index contributed by atoms with van der Waals surface area (Å²) in [5, 5.41) is 5.37. The molecule has 0 saturated heterocycles. The molecule has 0 aromatic carbocycles. The molecule has 0 saturated carbocycles. The zero-order valence-corrected chi connectivity index (χ0v) is 12.3. The lowest BCUT2D eigenvalue weighted by Crippen LogP contribution is -2.43. The first kappa shape index (κ1) is 15.4. The van der Waals surface area contributed by atoms with Crippen LogP contribution in [0.1, 0.15) is 45.4 Å². The largest absolute Gasteiger partial charge is 0.355 e. The third-order valence-corrected chi connectivity index (χ3v) is 3.73. The molecule has 6 heteroatoms. The van der Waals surface area contributed by atoms with Crippen molar-refractivity contribution in [2.75, 3.05) is 6.54 Å². The third-order valence-electron chi connectivity index (χ3n) is 3.73. The number of aliphatic imine (C=N–C) groups is 1. The summed E-state index contributed by atoms with van der Waals surface area (Å²) in [5.74, 6) is -1.16. The highest BCUT2D eigenvalue weighted by Crippen LogP contribution is 2.19. The van der Waals surface area contributed by atoms with Crippen LogP contribution in [0.3, 0.4) is 0 Å². The molecule has 21 heavy (non-hydrogen) atoms. The van der Waals surface area contributed by atoms with Gasteiger partial charge in [-0.15, -0.1) is 0 Å². The Bertz CT molecular complexity index is 508. The number of carbonyl (C=O) groups is 3. The molecule has 0 bridgehead atoms. The molecule has 0 spiro atoms. The van der Waals surface area contributed by atoms with Gasteiger partial charge in [0.1, 0.15) is 11.8 Å². The minimum Gasteiger partial charge on any atom is -0.355 e. The second-order valence-corrected chi connectivity index (χ2v) is 5.49. The van der Waals surface area contributed by atoms with Gasteiger partial charge in [-0.3, -0.25) is 14.4 Å². The van der Waals surface area contributed by atoms with E-state index in [-0.39, 0.29) is 11.8 Å². The Balaban J connectivity index is 1.73. The molecule has 1 atom stereocenters. The van der Waals surface area contributed by atoms with Gasteiger partial charge in [0.2, 0.25) is 11.8 Å². The summed E-state index contributed by atoms with van der Waals surface area (Å²) in [5.41, 5.74) is 1.20. The summed E-state index contributed by atoms with van der Waals surface area (Å²) in [6, 6.07) is 0. The minimum absolute atomic E-state index is 0.0226. The summed E-state index contributed by atoms with van der Waals surface area (Å²) in [4.78, 5) is 38.5. The van der Waals surface area contributed by atoms with E-state index in [1.807, 2.05) is 0 Å². The van der Waals surface area contributed by atoms with E-state index in [1.165, 1.54) is 18.9 Å². The van der Waals surface area contributed by atoms with Gasteiger partial charge in [-0.05, 0) is 32.6 Å². The van der Waals surface area contributed by atoms with Crippen molar-refractivity contribution in [3.8, 4) is 0 Å². The molecule has 0 radical (unpaired) electrons. The van der Waals surface area contributed by atoms with Crippen LogP contribution in [0.2, 0.25) is 0 Å². The molecule has 2 rings (SSSR count). The van der Waals surface area contributed by atoms with Crippen molar-refractivity contribution in [3.63, 3.8) is 0 Å². The molecule has 1 aliphatic heterocycles. The first-order chi connectivity index (χ1) is 10.1. The van der Waals surface area contributed by atoms with E-state index in [0.717, 1.165) is 19.3 Å². The van der Waals surface area contributed by atoms with E-state index < -0.39 is 11.8 Å². The Labute approximate surface area is 124 Å². The molecule has 0 aromatic rings. The summed E-state index contributed by atoms with van der Waals surface area (Å²) < 4.78 is 0. The van der Waals surface area contributed by atoms with E-state index in [9.17, 15) is 14.4 Å². The van der Waals surface area contributed by atoms with Crippen LogP contribution in [0.5, 0.6) is 0 Å². The van der Waals surface area contributed by atoms with E-state index in [4.69, 9.17) is 0 Å². The fraction of sp³-hybridized carbons (Fsp3) is 0.600. The molecule has 1 heterocycles. The zero-order chi connectivity index (χ0) is 15.2. The van der Waals surface area contributed by atoms with E-state index in [0.29, 0.717) is 25.2 Å². The van der Waals surface area contributed by atoms with Gasteiger partial charge in [0.05, 0.1) is 0 Å². The van der Waals surface area contributed by atoms with Crippen LogP contribution in [0, 0.1) is 5.92 Å². The molecule has 1 aliphatic carbocycles. The Kier molecular flexibility index (Phi) is 5.25. The monoisotopic (exact) mass is 291 g/mol. The number of hydrogen-bond acceptors (Lipinski definition) is 3. The van der Waals surface area contributed by atoms with Gasteiger partial charge < -0.3 is 10.6 Å². The first-order valence-electron chi connectivity index (χ1n) is 7.43. The number of carbonyl (C=O) groups excluding carboxylic acids is 3.